The number of benzene rings is 1. The van der Waals surface area contributed by atoms with Gasteiger partial charge < -0.3 is 15.4 Å². The lowest BCUT2D eigenvalue weighted by Crippen LogP contribution is -2.49. The molecule has 3 aliphatic heterocycles. The smallest absolute Gasteiger partial charge is 0.129 e. The number of likely N-dealkylation sites (tertiary alicyclic amines) is 2. The highest BCUT2D eigenvalue weighted by atomic mass is 19.1. The lowest BCUT2D eigenvalue weighted by Gasteiger charge is -2.39. The van der Waals surface area contributed by atoms with Crippen LogP contribution in [0.15, 0.2) is 18.2 Å². The van der Waals surface area contributed by atoms with Crippen LogP contribution in [0.1, 0.15) is 18.1 Å². The Morgan fingerprint density at radius 2 is 1.83 bits per heavy atom. The van der Waals surface area contributed by atoms with Gasteiger partial charge in [-0.15, -0.1) is 0 Å². The predicted octanol–water partition coefficient (Wildman–Crippen LogP) is 1.62. The van der Waals surface area contributed by atoms with Crippen molar-refractivity contribution in [1.82, 2.24) is 9.80 Å². The third-order valence-corrected chi connectivity index (χ3v) is 5.88. The molecule has 4 rings (SSSR count). The van der Waals surface area contributed by atoms with Gasteiger partial charge >= 0.3 is 0 Å². The van der Waals surface area contributed by atoms with E-state index in [2.05, 4.69) is 16.8 Å². The summed E-state index contributed by atoms with van der Waals surface area (Å²) >= 11 is 0. The number of hydrogen-bond acceptors (Lipinski definition) is 4. The molecule has 0 amide bonds. The van der Waals surface area contributed by atoms with E-state index in [0.29, 0.717) is 6.61 Å². The van der Waals surface area contributed by atoms with Crippen LogP contribution < -0.4 is 5.73 Å². The molecule has 0 bridgehead atoms. The van der Waals surface area contributed by atoms with Gasteiger partial charge in [-0.3, -0.25) is 4.90 Å². The van der Waals surface area contributed by atoms with Crippen molar-refractivity contribution in [1.29, 1.82) is 0 Å². The van der Waals surface area contributed by atoms with Crippen LogP contribution in [0.4, 0.5) is 8.78 Å². The topological polar surface area (TPSA) is 41.7 Å². The van der Waals surface area contributed by atoms with Gasteiger partial charge in [-0.1, -0.05) is 0 Å². The zero-order chi connectivity index (χ0) is 16.8. The van der Waals surface area contributed by atoms with Gasteiger partial charge in [-0.25, -0.2) is 8.78 Å². The van der Waals surface area contributed by atoms with Gasteiger partial charge in [0.15, 0.2) is 0 Å². The summed E-state index contributed by atoms with van der Waals surface area (Å²) < 4.78 is 33.3. The zero-order valence-electron chi connectivity index (χ0n) is 14.0. The van der Waals surface area contributed by atoms with E-state index >= 15 is 0 Å². The molecule has 0 aliphatic carbocycles. The summed E-state index contributed by atoms with van der Waals surface area (Å²) in [4.78, 5) is 4.89. The molecule has 0 saturated carbocycles. The van der Waals surface area contributed by atoms with E-state index < -0.39 is 17.7 Å². The molecule has 24 heavy (non-hydrogen) atoms. The second-order valence-corrected chi connectivity index (χ2v) is 7.67. The summed E-state index contributed by atoms with van der Waals surface area (Å²) in [5.41, 5.74) is 6.51. The van der Waals surface area contributed by atoms with E-state index in [-0.39, 0.29) is 17.6 Å². The number of nitrogens with two attached hydrogens (primary N) is 1. The first kappa shape index (κ1) is 16.4. The SMILES string of the molecule is CN1CC2CN([C@H]3CO[C@H](c4cc(F)ccc4F)[C@@H](N)C3)CC2C1. The van der Waals surface area contributed by atoms with Crippen molar-refractivity contribution in [2.24, 2.45) is 17.6 Å². The lowest BCUT2D eigenvalue weighted by atomic mass is 9.93. The van der Waals surface area contributed by atoms with Crippen LogP contribution in [-0.4, -0.2) is 61.7 Å². The maximum absolute atomic E-state index is 14.0. The minimum atomic E-state index is -0.565. The monoisotopic (exact) mass is 337 g/mol. The maximum Gasteiger partial charge on any atom is 0.129 e. The molecule has 2 N–H and O–H groups in total. The summed E-state index contributed by atoms with van der Waals surface area (Å²) in [5, 5.41) is 0. The van der Waals surface area contributed by atoms with Crippen molar-refractivity contribution < 1.29 is 13.5 Å². The van der Waals surface area contributed by atoms with Gasteiger partial charge in [0.05, 0.1) is 6.61 Å². The van der Waals surface area contributed by atoms with Crippen molar-refractivity contribution in [2.45, 2.75) is 24.6 Å². The van der Waals surface area contributed by atoms with Gasteiger partial charge in [0, 0.05) is 43.8 Å². The van der Waals surface area contributed by atoms with Crippen LogP contribution in [0.3, 0.4) is 0 Å². The molecule has 2 unspecified atom stereocenters. The van der Waals surface area contributed by atoms with Gasteiger partial charge in [-0.05, 0) is 43.5 Å². The van der Waals surface area contributed by atoms with Crippen molar-refractivity contribution in [3.8, 4) is 0 Å². The first-order valence-electron chi connectivity index (χ1n) is 8.76. The third-order valence-electron chi connectivity index (χ3n) is 5.88. The van der Waals surface area contributed by atoms with E-state index in [9.17, 15) is 8.78 Å². The zero-order valence-corrected chi connectivity index (χ0v) is 14.0. The Morgan fingerprint density at radius 1 is 1.12 bits per heavy atom. The molecule has 3 aliphatic rings. The van der Waals surface area contributed by atoms with E-state index in [1.165, 1.54) is 6.07 Å². The fraction of sp³-hybridized carbons (Fsp3) is 0.667. The Labute approximate surface area is 141 Å². The molecule has 3 saturated heterocycles. The fourth-order valence-electron chi connectivity index (χ4n) is 4.71. The Morgan fingerprint density at radius 3 is 2.50 bits per heavy atom. The van der Waals surface area contributed by atoms with E-state index in [0.717, 1.165) is 56.6 Å². The minimum Gasteiger partial charge on any atom is -0.370 e. The van der Waals surface area contributed by atoms with E-state index in [4.69, 9.17) is 10.5 Å². The molecule has 0 spiro atoms. The standard InChI is InChI=1S/C18H25F2N3O/c1-22-6-11-8-23(9-12(11)7-22)14-5-17(21)18(24-10-14)15-4-13(19)2-3-16(15)20/h2-4,11-12,14,17-18H,5-10,21H2,1H3/t11?,12?,14-,17+,18-/m1/s1. The molecule has 6 heteroatoms. The van der Waals surface area contributed by atoms with Crippen LogP contribution in [0.2, 0.25) is 0 Å². The molecule has 4 nitrogen and oxygen atoms in total. The van der Waals surface area contributed by atoms with Gasteiger partial charge in [0.2, 0.25) is 0 Å². The number of nitrogens with zero attached hydrogens (tertiary/aromatic N) is 2. The largest absolute Gasteiger partial charge is 0.370 e. The van der Waals surface area contributed by atoms with Gasteiger partial charge in [0.1, 0.15) is 17.7 Å². The summed E-state index contributed by atoms with van der Waals surface area (Å²) in [6.07, 6.45) is 0.195. The highest BCUT2D eigenvalue weighted by Crippen LogP contribution is 2.36. The van der Waals surface area contributed by atoms with Crippen LogP contribution in [0.25, 0.3) is 0 Å². The predicted molar refractivity (Wildman–Crippen MR) is 87.5 cm³/mol. The molecular weight excluding hydrogens is 312 g/mol. The highest BCUT2D eigenvalue weighted by Gasteiger charge is 2.43. The van der Waals surface area contributed by atoms with Crippen LogP contribution in [0.5, 0.6) is 0 Å². The van der Waals surface area contributed by atoms with Crippen molar-refractivity contribution in [3.05, 3.63) is 35.4 Å². The first-order valence-corrected chi connectivity index (χ1v) is 8.76. The summed E-state index contributed by atoms with van der Waals surface area (Å²) in [7, 11) is 2.18. The van der Waals surface area contributed by atoms with Crippen molar-refractivity contribution in [2.75, 3.05) is 39.8 Å². The highest BCUT2D eigenvalue weighted by molar-refractivity contribution is 5.23. The van der Waals surface area contributed by atoms with E-state index in [1.54, 1.807) is 0 Å². The molecule has 0 radical (unpaired) electrons. The van der Waals surface area contributed by atoms with Crippen LogP contribution in [0, 0.1) is 23.5 Å². The number of fused-ring (bicyclic) bond motifs is 1. The molecule has 132 valence electrons. The molecule has 1 aromatic carbocycles. The Hall–Kier alpha value is -1.08. The number of hydrogen-bond donors (Lipinski definition) is 1. The van der Waals surface area contributed by atoms with Gasteiger partial charge in [-0.2, -0.15) is 0 Å². The quantitative estimate of drug-likeness (QED) is 0.890. The minimum absolute atomic E-state index is 0.237. The molecule has 0 aromatic heterocycles. The first-order chi connectivity index (χ1) is 11.5. The Bertz CT molecular complexity index is 600. The second kappa shape index (κ2) is 6.33. The summed E-state index contributed by atoms with van der Waals surface area (Å²) in [5.74, 6) is 0.573. The van der Waals surface area contributed by atoms with Crippen molar-refractivity contribution in [3.63, 3.8) is 0 Å². The molecule has 3 heterocycles. The molecule has 5 atom stereocenters. The van der Waals surface area contributed by atoms with Crippen LogP contribution >= 0.6 is 0 Å². The number of halogens is 2. The van der Waals surface area contributed by atoms with Crippen molar-refractivity contribution >= 4 is 0 Å². The molecule has 3 fully saturated rings. The fourth-order valence-corrected chi connectivity index (χ4v) is 4.71. The second-order valence-electron chi connectivity index (χ2n) is 7.67. The molecular formula is C18H25F2N3O. The van der Waals surface area contributed by atoms with E-state index in [1.807, 2.05) is 0 Å². The average molecular weight is 337 g/mol. The van der Waals surface area contributed by atoms with Gasteiger partial charge in [0.25, 0.3) is 0 Å². The summed E-state index contributed by atoms with van der Waals surface area (Å²) in [6, 6.07) is 3.43. The average Bonchev–Trinajstić information content (AvgIpc) is 3.07. The number of rotatable bonds is 2. The number of ether oxygens (including phenoxy) is 1. The van der Waals surface area contributed by atoms with Crippen LogP contribution in [-0.2, 0) is 4.74 Å². The third kappa shape index (κ3) is 2.96. The Balaban J connectivity index is 1.41. The normalized spacial score (nSPS) is 37.8. The lowest BCUT2D eigenvalue weighted by molar-refractivity contribution is -0.0487. The maximum atomic E-state index is 14.0. The summed E-state index contributed by atoms with van der Waals surface area (Å²) in [6.45, 7) is 5.04. The Kier molecular flexibility index (Phi) is 4.33. The molecule has 1 aromatic rings.